The van der Waals surface area contributed by atoms with E-state index < -0.39 is 23.4 Å². The minimum Gasteiger partial charge on any atom is -0.450 e. The third-order valence-corrected chi connectivity index (χ3v) is 4.33. The number of fused-ring (bicyclic) bond motifs is 1. The predicted octanol–water partition coefficient (Wildman–Crippen LogP) is 4.22. The largest absolute Gasteiger partial charge is 0.450 e. The highest BCUT2D eigenvalue weighted by molar-refractivity contribution is 5.90. The highest BCUT2D eigenvalue weighted by Crippen LogP contribution is 2.34. The number of aromatic nitrogens is 3. The van der Waals surface area contributed by atoms with Gasteiger partial charge in [-0.15, -0.1) is 0 Å². The van der Waals surface area contributed by atoms with Gasteiger partial charge in [0, 0.05) is 49.2 Å². The van der Waals surface area contributed by atoms with Crippen molar-refractivity contribution in [3.05, 3.63) is 77.9 Å². The van der Waals surface area contributed by atoms with Gasteiger partial charge in [0.25, 0.3) is 0 Å². The van der Waals surface area contributed by atoms with Gasteiger partial charge in [0.05, 0.1) is 10.9 Å². The van der Waals surface area contributed by atoms with Crippen LogP contribution in [-0.4, -0.2) is 21.0 Å². The number of hydrogen-bond donors (Lipinski definition) is 3. The third-order valence-electron chi connectivity index (χ3n) is 4.33. The lowest BCUT2D eigenvalue weighted by atomic mass is 10.2. The van der Waals surface area contributed by atoms with Crippen molar-refractivity contribution in [2.75, 3.05) is 5.32 Å². The van der Waals surface area contributed by atoms with E-state index in [4.69, 9.17) is 4.74 Å². The van der Waals surface area contributed by atoms with Crippen LogP contribution >= 0.6 is 0 Å². The smallest absolute Gasteiger partial charge is 0.319 e. The Hall–Kier alpha value is -4.52. The molecule has 0 saturated heterocycles. The van der Waals surface area contributed by atoms with Crippen molar-refractivity contribution in [2.24, 2.45) is 0 Å². The van der Waals surface area contributed by atoms with Crippen molar-refractivity contribution in [2.45, 2.75) is 6.54 Å². The molecule has 0 unspecified atom stereocenters. The Morgan fingerprint density at radius 1 is 1.16 bits per heavy atom. The number of halogens is 2. The molecule has 0 radical (unpaired) electrons. The fraction of sp³-hybridized carbons (Fsp3) is 0.0476. The molecule has 3 N–H and O–H groups in total. The average molecular weight is 420 g/mol. The van der Waals surface area contributed by atoms with Gasteiger partial charge in [0.15, 0.2) is 17.4 Å². The van der Waals surface area contributed by atoms with Crippen LogP contribution in [0.5, 0.6) is 11.5 Å². The Labute approximate surface area is 174 Å². The summed E-state index contributed by atoms with van der Waals surface area (Å²) in [6.07, 6.45) is 5.98. The van der Waals surface area contributed by atoms with E-state index in [1.807, 2.05) is 6.07 Å². The second-order valence-corrected chi connectivity index (χ2v) is 6.38. The molecule has 0 bridgehead atoms. The summed E-state index contributed by atoms with van der Waals surface area (Å²) in [7, 11) is 0. The van der Waals surface area contributed by atoms with Crippen molar-refractivity contribution >= 4 is 22.8 Å². The number of rotatable bonds is 5. The maximum atomic E-state index is 14.6. The van der Waals surface area contributed by atoms with E-state index in [1.165, 1.54) is 18.5 Å². The number of H-pyrrole nitrogens is 1. The fourth-order valence-corrected chi connectivity index (χ4v) is 2.90. The van der Waals surface area contributed by atoms with Crippen LogP contribution in [0, 0.1) is 23.0 Å². The zero-order valence-corrected chi connectivity index (χ0v) is 15.8. The number of nitrogens with one attached hydrogen (secondary N) is 3. The van der Waals surface area contributed by atoms with Crippen molar-refractivity contribution in [1.29, 1.82) is 5.26 Å². The van der Waals surface area contributed by atoms with E-state index >= 15 is 0 Å². The van der Waals surface area contributed by atoms with Gasteiger partial charge in [0.1, 0.15) is 17.5 Å². The summed E-state index contributed by atoms with van der Waals surface area (Å²) in [6, 6.07) is 8.05. The quantitative estimate of drug-likeness (QED) is 0.447. The van der Waals surface area contributed by atoms with E-state index in [2.05, 4.69) is 25.6 Å². The zero-order valence-electron chi connectivity index (χ0n) is 15.8. The van der Waals surface area contributed by atoms with Gasteiger partial charge < -0.3 is 20.4 Å². The molecule has 3 aromatic heterocycles. The number of carbonyl (C=O) groups is 1. The fourth-order valence-electron chi connectivity index (χ4n) is 2.90. The lowest BCUT2D eigenvalue weighted by Crippen LogP contribution is -2.28. The van der Waals surface area contributed by atoms with Gasteiger partial charge >= 0.3 is 6.03 Å². The molecular formula is C21H14F2N6O2. The molecule has 0 aliphatic heterocycles. The number of aromatic amines is 1. The third kappa shape index (κ3) is 4.25. The number of benzene rings is 1. The van der Waals surface area contributed by atoms with Gasteiger partial charge in [-0.2, -0.15) is 5.26 Å². The predicted molar refractivity (Wildman–Crippen MR) is 107 cm³/mol. The topological polar surface area (TPSA) is 116 Å². The van der Waals surface area contributed by atoms with Crippen molar-refractivity contribution in [3.63, 3.8) is 0 Å². The summed E-state index contributed by atoms with van der Waals surface area (Å²) in [5.41, 5.74) is 1.30. The van der Waals surface area contributed by atoms with Gasteiger partial charge in [-0.1, -0.05) is 0 Å². The molecule has 154 valence electrons. The Morgan fingerprint density at radius 3 is 2.61 bits per heavy atom. The maximum Gasteiger partial charge on any atom is 0.319 e. The number of carbonyl (C=O) groups excluding carboxylic acids is 1. The summed E-state index contributed by atoms with van der Waals surface area (Å²) >= 11 is 0. The summed E-state index contributed by atoms with van der Waals surface area (Å²) in [5.74, 6) is -2.65. The molecule has 0 aliphatic rings. The summed E-state index contributed by atoms with van der Waals surface area (Å²) in [5, 5.41) is 14.5. The lowest BCUT2D eigenvalue weighted by molar-refractivity contribution is 0.251. The Bertz CT molecular complexity index is 1280. The minimum atomic E-state index is -1.02. The molecule has 1 aromatic carbocycles. The molecule has 0 aliphatic carbocycles. The molecule has 2 amide bonds. The van der Waals surface area contributed by atoms with E-state index in [0.717, 1.165) is 17.7 Å². The first kappa shape index (κ1) is 19.8. The first-order valence-electron chi connectivity index (χ1n) is 9.02. The molecule has 3 heterocycles. The number of ether oxygens (including phenoxy) is 1. The lowest BCUT2D eigenvalue weighted by Gasteiger charge is -2.12. The molecule has 0 fully saturated rings. The van der Waals surface area contributed by atoms with Crippen LogP contribution in [0.25, 0.3) is 11.0 Å². The van der Waals surface area contributed by atoms with Crippen LogP contribution in [0.4, 0.5) is 19.3 Å². The van der Waals surface area contributed by atoms with Gasteiger partial charge in [0.2, 0.25) is 0 Å². The van der Waals surface area contributed by atoms with E-state index in [1.54, 1.807) is 24.5 Å². The van der Waals surface area contributed by atoms with E-state index in [9.17, 15) is 18.8 Å². The second kappa shape index (κ2) is 8.46. The molecule has 0 atom stereocenters. The number of urea groups is 1. The maximum absolute atomic E-state index is 14.6. The summed E-state index contributed by atoms with van der Waals surface area (Å²) < 4.78 is 34.6. The molecule has 31 heavy (non-hydrogen) atoms. The highest BCUT2D eigenvalue weighted by atomic mass is 19.1. The zero-order chi connectivity index (χ0) is 21.8. The molecule has 4 aromatic rings. The normalized spacial score (nSPS) is 10.5. The number of hydrogen-bond acceptors (Lipinski definition) is 5. The number of pyridine rings is 2. The van der Waals surface area contributed by atoms with Crippen LogP contribution in [0.3, 0.4) is 0 Å². The molecular weight excluding hydrogens is 406 g/mol. The van der Waals surface area contributed by atoms with E-state index in [0.29, 0.717) is 11.0 Å². The molecule has 4 rings (SSSR count). The van der Waals surface area contributed by atoms with Crippen LogP contribution in [0.1, 0.15) is 11.1 Å². The molecule has 0 saturated carbocycles. The van der Waals surface area contributed by atoms with Crippen molar-refractivity contribution in [3.8, 4) is 17.6 Å². The first-order chi connectivity index (χ1) is 15.0. The summed E-state index contributed by atoms with van der Waals surface area (Å²) in [6.45, 7) is 0.219. The Balaban J connectivity index is 1.51. The monoisotopic (exact) mass is 420 g/mol. The van der Waals surface area contributed by atoms with Crippen LogP contribution in [0.15, 0.2) is 55.1 Å². The SMILES string of the molecule is N#Cc1c[nH]c2nccc(Oc3c(F)cc(NC(=O)NCc4ccncc4)cc3F)c12. The van der Waals surface area contributed by atoms with Crippen LogP contribution in [-0.2, 0) is 6.54 Å². The average Bonchev–Trinajstić information content (AvgIpc) is 3.20. The van der Waals surface area contributed by atoms with E-state index in [-0.39, 0.29) is 23.5 Å². The summed E-state index contributed by atoms with van der Waals surface area (Å²) in [4.78, 5) is 22.7. The second-order valence-electron chi connectivity index (χ2n) is 6.38. The van der Waals surface area contributed by atoms with Crippen LogP contribution in [0.2, 0.25) is 0 Å². The minimum absolute atomic E-state index is 0.0661. The van der Waals surface area contributed by atoms with Gasteiger partial charge in [-0.25, -0.2) is 18.6 Å². The molecule has 8 nitrogen and oxygen atoms in total. The van der Waals surface area contributed by atoms with Gasteiger partial charge in [-0.05, 0) is 23.8 Å². The number of amides is 2. The van der Waals surface area contributed by atoms with Crippen LogP contribution < -0.4 is 15.4 Å². The Morgan fingerprint density at radius 2 is 1.90 bits per heavy atom. The first-order valence-corrected chi connectivity index (χ1v) is 9.02. The van der Waals surface area contributed by atoms with Crippen molar-refractivity contribution in [1.82, 2.24) is 20.3 Å². The van der Waals surface area contributed by atoms with Crippen molar-refractivity contribution < 1.29 is 18.3 Å². The molecule has 10 heteroatoms. The standard InChI is InChI=1S/C21H14F2N6O2/c22-15-7-14(29-21(30)28-10-12-1-4-25-5-2-12)8-16(23)19(15)31-17-3-6-26-20-18(17)13(9-24)11-27-20/h1-8,11H,10H2,(H,26,27)(H2,28,29,30). The Kier molecular flexibility index (Phi) is 5.40. The highest BCUT2D eigenvalue weighted by Gasteiger charge is 2.18. The number of nitriles is 1. The molecule has 0 spiro atoms. The van der Waals surface area contributed by atoms with Gasteiger partial charge in [-0.3, -0.25) is 4.98 Å². The number of nitrogens with zero attached hydrogens (tertiary/aromatic N) is 3. The number of anilines is 1.